The number of carboxylic acid groups (broad SMARTS) is 1. The average molecular weight is 466 g/mol. The molecule has 0 spiro atoms. The molecule has 5 atom stereocenters. The number of hydrogen-bond donors (Lipinski definition) is 10. The summed E-state index contributed by atoms with van der Waals surface area (Å²) in [6.07, 6.45) is -1.10. The molecule has 0 aliphatic heterocycles. The maximum absolute atomic E-state index is 12.7. The number of aliphatic hydroxyl groups is 2. The molecule has 3 amide bonds. The molecule has 15 heteroatoms. The van der Waals surface area contributed by atoms with E-state index < -0.39 is 60.6 Å². The van der Waals surface area contributed by atoms with Gasteiger partial charge in [-0.1, -0.05) is 0 Å². The van der Waals surface area contributed by atoms with Crippen LogP contribution in [0.15, 0.2) is 4.99 Å². The quantitative estimate of drug-likeness (QED) is 0.0506. The zero-order valence-corrected chi connectivity index (χ0v) is 17.9. The van der Waals surface area contributed by atoms with Crippen LogP contribution in [-0.2, 0) is 19.2 Å². The fourth-order valence-electron chi connectivity index (χ4n) is 2.24. The van der Waals surface area contributed by atoms with Crippen LogP contribution in [-0.4, -0.2) is 94.1 Å². The van der Waals surface area contributed by atoms with Crippen molar-refractivity contribution in [3.8, 4) is 0 Å². The van der Waals surface area contributed by atoms with Crippen LogP contribution >= 0.6 is 12.6 Å². The van der Waals surface area contributed by atoms with Crippen LogP contribution < -0.4 is 33.2 Å². The molecule has 0 bridgehead atoms. The summed E-state index contributed by atoms with van der Waals surface area (Å²) < 4.78 is 0. The second-order valence-electron chi connectivity index (χ2n) is 6.61. The van der Waals surface area contributed by atoms with Crippen LogP contribution in [0.2, 0.25) is 0 Å². The van der Waals surface area contributed by atoms with Crippen LogP contribution in [0.1, 0.15) is 19.8 Å². The van der Waals surface area contributed by atoms with Gasteiger partial charge in [0.2, 0.25) is 17.7 Å². The number of amides is 3. The van der Waals surface area contributed by atoms with Gasteiger partial charge < -0.3 is 48.5 Å². The summed E-state index contributed by atoms with van der Waals surface area (Å²) in [5, 5.41) is 34.7. The zero-order valence-electron chi connectivity index (χ0n) is 17.0. The maximum atomic E-state index is 12.7. The van der Waals surface area contributed by atoms with E-state index in [0.717, 1.165) is 0 Å². The van der Waals surface area contributed by atoms with E-state index in [1.54, 1.807) is 0 Å². The van der Waals surface area contributed by atoms with Crippen molar-refractivity contribution in [2.75, 3.05) is 18.9 Å². The number of carbonyl (C=O) groups excluding carboxylic acids is 3. The molecule has 0 saturated carbocycles. The van der Waals surface area contributed by atoms with E-state index in [-0.39, 0.29) is 31.1 Å². The number of aliphatic imine (C=N–C) groups is 1. The third kappa shape index (κ3) is 10.8. The van der Waals surface area contributed by atoms with Crippen molar-refractivity contribution < 1.29 is 34.5 Å². The second kappa shape index (κ2) is 14.4. The van der Waals surface area contributed by atoms with Crippen LogP contribution in [0.3, 0.4) is 0 Å². The minimum absolute atomic E-state index is 0.0367. The van der Waals surface area contributed by atoms with Gasteiger partial charge in [-0.15, -0.1) is 0 Å². The largest absolute Gasteiger partial charge is 0.480 e. The SMILES string of the molecule is CC(O)C(NC(=O)C(CCCN=C(N)N)NC(=O)C(N)CO)C(=O)NC(CS)C(=O)O. The number of thiol groups is 1. The molecule has 0 aliphatic carbocycles. The number of guanidine groups is 1. The van der Waals surface area contributed by atoms with E-state index in [0.29, 0.717) is 0 Å². The summed E-state index contributed by atoms with van der Waals surface area (Å²) >= 11 is 3.83. The van der Waals surface area contributed by atoms with Crippen LogP contribution in [0.4, 0.5) is 0 Å². The Morgan fingerprint density at radius 1 is 1.03 bits per heavy atom. The molecular formula is C16H31N7O7S. The Morgan fingerprint density at radius 2 is 1.61 bits per heavy atom. The van der Waals surface area contributed by atoms with Crippen molar-refractivity contribution >= 4 is 42.3 Å². The van der Waals surface area contributed by atoms with Crippen molar-refractivity contribution in [3.05, 3.63) is 0 Å². The molecule has 0 rings (SSSR count). The standard InChI is InChI=1S/C16H31N7O7S/c1-7(25)11(14(28)22-10(6-31)15(29)30)23-13(27)9(3-2-4-20-16(18)19)21-12(26)8(17)5-24/h7-11,24-25,31H,2-6,17H2,1H3,(H,21,26)(H,22,28)(H,23,27)(H,29,30)(H4,18,19,20). The number of rotatable bonds is 14. The number of aliphatic carboxylic acids is 1. The summed E-state index contributed by atoms with van der Waals surface area (Å²) in [5.74, 6) is -4.34. The molecule has 0 aromatic heterocycles. The number of aliphatic hydroxyl groups excluding tert-OH is 2. The Bertz CT molecular complexity index is 658. The highest BCUT2D eigenvalue weighted by Crippen LogP contribution is 2.03. The van der Waals surface area contributed by atoms with Crippen molar-refractivity contribution in [1.29, 1.82) is 0 Å². The van der Waals surface area contributed by atoms with E-state index in [9.17, 15) is 24.3 Å². The first-order valence-electron chi connectivity index (χ1n) is 9.29. The lowest BCUT2D eigenvalue weighted by molar-refractivity contribution is -0.142. The number of nitrogens with one attached hydrogen (secondary N) is 3. The highest BCUT2D eigenvalue weighted by molar-refractivity contribution is 7.80. The molecule has 0 aromatic carbocycles. The Hall–Kier alpha value is -2.62. The molecule has 0 radical (unpaired) electrons. The Kier molecular flexibility index (Phi) is 13.2. The monoisotopic (exact) mass is 465 g/mol. The lowest BCUT2D eigenvalue weighted by atomic mass is 10.1. The fraction of sp³-hybridized carbons (Fsp3) is 0.688. The minimum atomic E-state index is -1.52. The van der Waals surface area contributed by atoms with E-state index in [4.69, 9.17) is 27.4 Å². The third-order valence-corrected chi connectivity index (χ3v) is 4.34. The molecule has 0 aliphatic rings. The predicted molar refractivity (Wildman–Crippen MR) is 114 cm³/mol. The predicted octanol–water partition coefficient (Wildman–Crippen LogP) is -4.79. The summed E-state index contributed by atoms with van der Waals surface area (Å²) in [4.78, 5) is 51.9. The molecular weight excluding hydrogens is 434 g/mol. The smallest absolute Gasteiger partial charge is 0.327 e. The first-order valence-corrected chi connectivity index (χ1v) is 9.92. The molecule has 12 N–H and O–H groups in total. The van der Waals surface area contributed by atoms with E-state index >= 15 is 0 Å². The van der Waals surface area contributed by atoms with Crippen molar-refractivity contribution in [2.45, 2.75) is 50.0 Å². The van der Waals surface area contributed by atoms with Crippen molar-refractivity contribution in [1.82, 2.24) is 16.0 Å². The fourth-order valence-corrected chi connectivity index (χ4v) is 2.49. The number of hydrogen-bond acceptors (Lipinski definition) is 9. The molecule has 0 heterocycles. The van der Waals surface area contributed by atoms with Crippen LogP contribution in [0.25, 0.3) is 0 Å². The highest BCUT2D eigenvalue weighted by Gasteiger charge is 2.32. The first kappa shape index (κ1) is 28.4. The summed E-state index contributed by atoms with van der Waals surface area (Å²) in [6, 6.07) is -5.34. The van der Waals surface area contributed by atoms with Gasteiger partial charge in [0.05, 0.1) is 12.7 Å². The van der Waals surface area contributed by atoms with E-state index in [1.807, 2.05) is 0 Å². The highest BCUT2D eigenvalue weighted by atomic mass is 32.1. The molecule has 0 fully saturated rings. The van der Waals surface area contributed by atoms with Crippen molar-refractivity contribution in [3.63, 3.8) is 0 Å². The second-order valence-corrected chi connectivity index (χ2v) is 6.97. The average Bonchev–Trinajstić information content (AvgIpc) is 2.70. The van der Waals surface area contributed by atoms with Gasteiger partial charge in [-0.05, 0) is 19.8 Å². The van der Waals surface area contributed by atoms with Gasteiger partial charge in [0.15, 0.2) is 5.96 Å². The third-order valence-electron chi connectivity index (χ3n) is 3.97. The van der Waals surface area contributed by atoms with Gasteiger partial charge >= 0.3 is 5.97 Å². The lowest BCUT2D eigenvalue weighted by Crippen LogP contribution is -2.60. The van der Waals surface area contributed by atoms with Crippen molar-refractivity contribution in [2.24, 2.45) is 22.2 Å². The zero-order chi connectivity index (χ0) is 24.1. The molecule has 178 valence electrons. The van der Waals surface area contributed by atoms with Gasteiger partial charge in [0.1, 0.15) is 24.2 Å². The summed E-state index contributed by atoms with van der Waals surface area (Å²) in [6.45, 7) is 0.707. The molecule has 31 heavy (non-hydrogen) atoms. The van der Waals surface area contributed by atoms with Gasteiger partial charge in [-0.2, -0.15) is 12.6 Å². The topological polar surface area (TPSA) is 255 Å². The van der Waals surface area contributed by atoms with Crippen LogP contribution in [0, 0.1) is 0 Å². The first-order chi connectivity index (χ1) is 14.4. The maximum Gasteiger partial charge on any atom is 0.327 e. The Labute approximate surface area is 184 Å². The van der Waals surface area contributed by atoms with Gasteiger partial charge in [-0.25, -0.2) is 4.79 Å². The van der Waals surface area contributed by atoms with E-state index in [1.165, 1.54) is 6.92 Å². The number of nitrogens with zero attached hydrogens (tertiary/aromatic N) is 1. The van der Waals surface area contributed by atoms with E-state index in [2.05, 4.69) is 33.6 Å². The minimum Gasteiger partial charge on any atom is -0.480 e. The Balaban J connectivity index is 5.36. The van der Waals surface area contributed by atoms with Gasteiger partial charge in [0, 0.05) is 12.3 Å². The normalized spacial score (nSPS) is 15.5. The Morgan fingerprint density at radius 3 is 2.06 bits per heavy atom. The molecule has 0 saturated heterocycles. The molecule has 5 unspecified atom stereocenters. The summed E-state index contributed by atoms with van der Waals surface area (Å²) in [5.41, 5.74) is 15.9. The number of nitrogens with two attached hydrogens (primary N) is 3. The number of carbonyl (C=O) groups is 4. The van der Waals surface area contributed by atoms with Crippen LogP contribution in [0.5, 0.6) is 0 Å². The molecule has 14 nitrogen and oxygen atoms in total. The molecule has 0 aromatic rings. The van der Waals surface area contributed by atoms with Gasteiger partial charge in [-0.3, -0.25) is 19.4 Å². The lowest BCUT2D eigenvalue weighted by Gasteiger charge is -2.26. The number of carboxylic acids is 1. The van der Waals surface area contributed by atoms with Gasteiger partial charge in [0.25, 0.3) is 0 Å². The summed E-state index contributed by atoms with van der Waals surface area (Å²) in [7, 11) is 0.